The van der Waals surface area contributed by atoms with Crippen LogP contribution in [0, 0.1) is 16.0 Å². The van der Waals surface area contributed by atoms with E-state index >= 15 is 0 Å². The van der Waals surface area contributed by atoms with Gasteiger partial charge in [-0.25, -0.2) is 0 Å². The van der Waals surface area contributed by atoms with Crippen molar-refractivity contribution in [1.82, 2.24) is 10.3 Å². The van der Waals surface area contributed by atoms with Gasteiger partial charge in [0.1, 0.15) is 5.69 Å². The summed E-state index contributed by atoms with van der Waals surface area (Å²) in [5.74, 6) is 0.102. The van der Waals surface area contributed by atoms with Crippen molar-refractivity contribution >= 4 is 23.2 Å². The lowest BCUT2D eigenvalue weighted by atomic mass is 10.1. The van der Waals surface area contributed by atoms with Gasteiger partial charge in [-0.3, -0.25) is 14.9 Å². The van der Waals surface area contributed by atoms with Gasteiger partial charge in [-0.1, -0.05) is 13.8 Å². The number of hydrogen-bond acceptors (Lipinski definition) is 3. The van der Waals surface area contributed by atoms with Crippen molar-refractivity contribution in [2.24, 2.45) is 5.92 Å². The number of carbonyl (C=O) groups is 1. The lowest BCUT2D eigenvalue weighted by molar-refractivity contribution is -0.384. The van der Waals surface area contributed by atoms with Gasteiger partial charge >= 0.3 is 0 Å². The van der Waals surface area contributed by atoms with E-state index in [4.69, 9.17) is 11.6 Å². The fourth-order valence-electron chi connectivity index (χ4n) is 1.25. The minimum Gasteiger partial charge on any atom is -0.351 e. The van der Waals surface area contributed by atoms with Crippen molar-refractivity contribution in [3.63, 3.8) is 0 Å². The standard InChI is InChI=1S/C10H14ClN3O3/c1-6(2)9(4-11)13-10(15)8-3-7(5-12-8)14(16)17/h3,5-6,9,12H,4H2,1-2H3,(H,13,15). The minimum atomic E-state index is -0.561. The maximum Gasteiger partial charge on any atom is 0.287 e. The SMILES string of the molecule is CC(C)C(CCl)NC(=O)c1cc([N+](=O)[O-])c[nH]1. The Hall–Kier alpha value is -1.56. The van der Waals surface area contributed by atoms with Crippen LogP contribution in [0.5, 0.6) is 0 Å². The molecule has 1 aromatic heterocycles. The zero-order valence-corrected chi connectivity index (χ0v) is 10.3. The second-order valence-corrected chi connectivity index (χ2v) is 4.32. The largest absolute Gasteiger partial charge is 0.351 e. The van der Waals surface area contributed by atoms with Crippen LogP contribution in [0.4, 0.5) is 5.69 Å². The highest BCUT2D eigenvalue weighted by Gasteiger charge is 2.19. The van der Waals surface area contributed by atoms with E-state index in [-0.39, 0.29) is 23.3 Å². The Morgan fingerprint density at radius 2 is 2.29 bits per heavy atom. The van der Waals surface area contributed by atoms with Crippen molar-refractivity contribution < 1.29 is 9.72 Å². The van der Waals surface area contributed by atoms with Crippen LogP contribution >= 0.6 is 11.6 Å². The van der Waals surface area contributed by atoms with Gasteiger partial charge < -0.3 is 10.3 Å². The first kappa shape index (κ1) is 13.5. The van der Waals surface area contributed by atoms with Gasteiger partial charge in [0.2, 0.25) is 0 Å². The van der Waals surface area contributed by atoms with Crippen molar-refractivity contribution in [1.29, 1.82) is 0 Å². The Morgan fingerprint density at radius 3 is 2.71 bits per heavy atom. The smallest absolute Gasteiger partial charge is 0.287 e. The van der Waals surface area contributed by atoms with Crippen molar-refractivity contribution in [3.05, 3.63) is 28.1 Å². The number of hydrogen-bond donors (Lipinski definition) is 2. The molecule has 1 atom stereocenters. The van der Waals surface area contributed by atoms with Crippen LogP contribution in [-0.4, -0.2) is 27.7 Å². The highest BCUT2D eigenvalue weighted by molar-refractivity contribution is 6.18. The van der Waals surface area contributed by atoms with E-state index in [9.17, 15) is 14.9 Å². The van der Waals surface area contributed by atoms with Crippen LogP contribution in [0.2, 0.25) is 0 Å². The average Bonchev–Trinajstić information content (AvgIpc) is 2.74. The van der Waals surface area contributed by atoms with Crippen LogP contribution in [0.1, 0.15) is 24.3 Å². The third kappa shape index (κ3) is 3.45. The van der Waals surface area contributed by atoms with Crippen LogP contribution in [0.3, 0.4) is 0 Å². The number of H-pyrrole nitrogens is 1. The lowest BCUT2D eigenvalue weighted by Crippen LogP contribution is -2.39. The molecule has 7 heteroatoms. The summed E-state index contributed by atoms with van der Waals surface area (Å²) in [5.41, 5.74) is 0.0228. The average molecular weight is 260 g/mol. The second kappa shape index (κ2) is 5.67. The fraction of sp³-hybridized carbons (Fsp3) is 0.500. The van der Waals surface area contributed by atoms with E-state index < -0.39 is 10.8 Å². The molecule has 0 spiro atoms. The van der Waals surface area contributed by atoms with Crippen LogP contribution < -0.4 is 5.32 Å². The molecule has 0 aliphatic carbocycles. The van der Waals surface area contributed by atoms with E-state index in [0.717, 1.165) is 0 Å². The Kier molecular flexibility index (Phi) is 4.51. The summed E-state index contributed by atoms with van der Waals surface area (Å²) in [6.45, 7) is 3.87. The number of nitrogens with zero attached hydrogens (tertiary/aromatic N) is 1. The van der Waals surface area contributed by atoms with E-state index in [1.165, 1.54) is 12.3 Å². The monoisotopic (exact) mass is 259 g/mol. The number of carbonyl (C=O) groups excluding carboxylic acids is 1. The molecule has 0 bridgehead atoms. The molecule has 1 rings (SSSR count). The van der Waals surface area contributed by atoms with E-state index in [0.29, 0.717) is 5.88 Å². The fourth-order valence-corrected chi connectivity index (χ4v) is 1.68. The summed E-state index contributed by atoms with van der Waals surface area (Å²) in [4.78, 5) is 24.2. The van der Waals surface area contributed by atoms with Gasteiger partial charge in [0.05, 0.1) is 11.1 Å². The predicted molar refractivity (Wildman–Crippen MR) is 64.3 cm³/mol. The third-order valence-electron chi connectivity index (χ3n) is 2.41. The molecule has 6 nitrogen and oxygen atoms in total. The highest BCUT2D eigenvalue weighted by atomic mass is 35.5. The topological polar surface area (TPSA) is 88.0 Å². The van der Waals surface area contributed by atoms with Crippen molar-refractivity contribution in [3.8, 4) is 0 Å². The molecular formula is C10H14ClN3O3. The Morgan fingerprint density at radius 1 is 1.65 bits per heavy atom. The molecule has 0 saturated carbocycles. The summed E-state index contributed by atoms with van der Waals surface area (Å²) >= 11 is 5.72. The molecule has 2 N–H and O–H groups in total. The molecule has 94 valence electrons. The van der Waals surface area contributed by atoms with Crippen molar-refractivity contribution in [2.75, 3.05) is 5.88 Å². The number of alkyl halides is 1. The number of rotatable bonds is 5. The number of aromatic amines is 1. The molecule has 1 aromatic rings. The van der Waals surface area contributed by atoms with Crippen LogP contribution in [0.15, 0.2) is 12.3 Å². The maximum absolute atomic E-state index is 11.7. The molecule has 1 heterocycles. The first-order valence-electron chi connectivity index (χ1n) is 5.15. The van der Waals surface area contributed by atoms with Gasteiger partial charge in [-0.15, -0.1) is 11.6 Å². The van der Waals surface area contributed by atoms with E-state index in [1.54, 1.807) is 0 Å². The molecule has 1 unspecified atom stereocenters. The molecule has 0 saturated heterocycles. The van der Waals surface area contributed by atoms with E-state index in [1.807, 2.05) is 13.8 Å². The van der Waals surface area contributed by atoms with Crippen LogP contribution in [0.25, 0.3) is 0 Å². The molecule has 1 amide bonds. The van der Waals surface area contributed by atoms with Gasteiger partial charge in [0.15, 0.2) is 0 Å². The summed E-state index contributed by atoms with van der Waals surface area (Å²) < 4.78 is 0. The number of aromatic nitrogens is 1. The number of nitro groups is 1. The quantitative estimate of drug-likeness (QED) is 0.481. The van der Waals surface area contributed by atoms with Gasteiger partial charge in [-0.2, -0.15) is 0 Å². The summed E-state index contributed by atoms with van der Waals surface area (Å²) in [7, 11) is 0. The Labute approximate surface area is 103 Å². The molecule has 17 heavy (non-hydrogen) atoms. The predicted octanol–water partition coefficient (Wildman–Crippen LogP) is 1.92. The number of halogens is 1. The normalized spacial score (nSPS) is 12.5. The second-order valence-electron chi connectivity index (χ2n) is 4.01. The summed E-state index contributed by atoms with van der Waals surface area (Å²) in [5, 5.41) is 13.2. The molecule has 0 radical (unpaired) electrons. The summed E-state index contributed by atoms with van der Waals surface area (Å²) in [6, 6.07) is 1.03. The van der Waals surface area contributed by atoms with E-state index in [2.05, 4.69) is 10.3 Å². The Balaban J connectivity index is 2.72. The first-order chi connectivity index (χ1) is 7.95. The molecule has 0 aliphatic heterocycles. The van der Waals surface area contributed by atoms with Crippen LogP contribution in [-0.2, 0) is 0 Å². The lowest BCUT2D eigenvalue weighted by Gasteiger charge is -2.19. The molecule has 0 aromatic carbocycles. The maximum atomic E-state index is 11.7. The molecule has 0 aliphatic rings. The third-order valence-corrected chi connectivity index (χ3v) is 2.74. The van der Waals surface area contributed by atoms with Gasteiger partial charge in [0.25, 0.3) is 11.6 Å². The zero-order valence-electron chi connectivity index (χ0n) is 9.57. The summed E-state index contributed by atoms with van der Waals surface area (Å²) in [6.07, 6.45) is 1.18. The molecule has 0 fully saturated rings. The highest BCUT2D eigenvalue weighted by Crippen LogP contribution is 2.13. The molecular weight excluding hydrogens is 246 g/mol. The number of nitrogens with one attached hydrogen (secondary N) is 2. The minimum absolute atomic E-state index is 0.137. The van der Waals surface area contributed by atoms with Gasteiger partial charge in [-0.05, 0) is 5.92 Å². The number of amides is 1. The Bertz CT molecular complexity index is 417. The van der Waals surface area contributed by atoms with Crippen molar-refractivity contribution in [2.45, 2.75) is 19.9 Å². The first-order valence-corrected chi connectivity index (χ1v) is 5.68. The van der Waals surface area contributed by atoms with Gasteiger partial charge in [0, 0.05) is 18.0 Å². The zero-order chi connectivity index (χ0) is 13.0.